The van der Waals surface area contributed by atoms with Crippen LogP contribution in [-0.4, -0.2) is 43.9 Å². The van der Waals surface area contributed by atoms with Crippen LogP contribution in [0.15, 0.2) is 34.9 Å². The molecule has 196 valence electrons. The summed E-state index contributed by atoms with van der Waals surface area (Å²) in [4.78, 5) is 11.7. The van der Waals surface area contributed by atoms with Crippen molar-refractivity contribution in [2.45, 2.75) is 91.5 Å². The molecule has 0 saturated heterocycles. The van der Waals surface area contributed by atoms with Crippen molar-refractivity contribution in [3.8, 4) is 11.5 Å². The Morgan fingerprint density at radius 1 is 1.06 bits per heavy atom. The maximum Gasteiger partial charge on any atom is 0.407 e. The summed E-state index contributed by atoms with van der Waals surface area (Å²) in [6.45, 7) is 16.6. The van der Waals surface area contributed by atoms with E-state index >= 15 is 0 Å². The Morgan fingerprint density at radius 3 is 2.36 bits per heavy atom. The van der Waals surface area contributed by atoms with Gasteiger partial charge in [-0.05, 0) is 65.7 Å². The number of nitrogens with zero attached hydrogens (tertiary/aromatic N) is 5. The zero-order valence-corrected chi connectivity index (χ0v) is 22.5. The zero-order chi connectivity index (χ0) is 26.5. The molecule has 0 bridgehead atoms. The van der Waals surface area contributed by atoms with Crippen molar-refractivity contribution in [1.82, 2.24) is 30.5 Å². The molecule has 0 fully saturated rings. The van der Waals surface area contributed by atoms with Crippen LogP contribution >= 0.6 is 0 Å². The highest BCUT2D eigenvalue weighted by atomic mass is 16.5. The number of rotatable bonds is 11. The van der Waals surface area contributed by atoms with Gasteiger partial charge in [0.1, 0.15) is 12.3 Å². The molecular formula is C26H38N6O4. The average molecular weight is 499 g/mol. The molecule has 1 N–H and O–H groups in total. The van der Waals surface area contributed by atoms with Gasteiger partial charge in [0.25, 0.3) is 0 Å². The topological polar surface area (TPSA) is 117 Å². The molecule has 3 aromatic rings. The fourth-order valence-electron chi connectivity index (χ4n) is 3.43. The third kappa shape index (κ3) is 7.13. The first-order valence-corrected chi connectivity index (χ1v) is 12.3. The Kier molecular flexibility index (Phi) is 8.50. The standard InChI is InChI=1S/C26H38N6O4/c1-17(2)22-29-30-23(36-22)19-9-11-20(12-10-19)26(7,8)35-14-13-25(5,6)32-15-21(28-31-32)16-34-24(33)27-18(3)4/h9-12,15,17-18H,13-14,16H2,1-8H3,(H,27,33). The van der Waals surface area contributed by atoms with E-state index in [0.29, 0.717) is 30.5 Å². The molecule has 0 aliphatic carbocycles. The first kappa shape index (κ1) is 27.3. The van der Waals surface area contributed by atoms with Gasteiger partial charge in [0.05, 0.1) is 23.9 Å². The lowest BCUT2D eigenvalue weighted by molar-refractivity contribution is -0.0329. The molecule has 0 aliphatic rings. The van der Waals surface area contributed by atoms with Crippen LogP contribution in [0.4, 0.5) is 4.79 Å². The van der Waals surface area contributed by atoms with Gasteiger partial charge in [-0.3, -0.25) is 0 Å². The van der Waals surface area contributed by atoms with Crippen molar-refractivity contribution >= 4 is 6.09 Å². The van der Waals surface area contributed by atoms with Gasteiger partial charge in [0, 0.05) is 17.5 Å². The van der Waals surface area contributed by atoms with E-state index < -0.39 is 11.7 Å². The van der Waals surface area contributed by atoms with Crippen molar-refractivity contribution in [1.29, 1.82) is 0 Å². The van der Waals surface area contributed by atoms with E-state index in [-0.39, 0.29) is 24.1 Å². The van der Waals surface area contributed by atoms with E-state index in [1.54, 1.807) is 10.9 Å². The average Bonchev–Trinajstić information content (AvgIpc) is 3.48. The van der Waals surface area contributed by atoms with Gasteiger partial charge < -0.3 is 19.2 Å². The number of amides is 1. The Morgan fingerprint density at radius 2 is 1.75 bits per heavy atom. The number of hydrogen-bond donors (Lipinski definition) is 1. The number of carbonyl (C=O) groups excluding carboxylic acids is 1. The van der Waals surface area contributed by atoms with Crippen LogP contribution in [0.25, 0.3) is 11.5 Å². The third-order valence-corrected chi connectivity index (χ3v) is 5.86. The Bertz CT molecular complexity index is 1130. The number of alkyl carbamates (subject to hydrolysis) is 1. The lowest BCUT2D eigenvalue weighted by Crippen LogP contribution is -2.31. The van der Waals surface area contributed by atoms with Crippen LogP contribution in [0.2, 0.25) is 0 Å². The normalized spacial score (nSPS) is 12.4. The van der Waals surface area contributed by atoms with E-state index in [1.807, 2.05) is 65.8 Å². The predicted molar refractivity (Wildman–Crippen MR) is 135 cm³/mol. The summed E-state index contributed by atoms with van der Waals surface area (Å²) in [6.07, 6.45) is 2.04. The molecule has 1 aromatic carbocycles. The second-order valence-electron chi connectivity index (χ2n) is 10.6. The molecule has 0 saturated carbocycles. The highest BCUT2D eigenvalue weighted by Crippen LogP contribution is 2.29. The van der Waals surface area contributed by atoms with Crippen LogP contribution in [-0.2, 0) is 27.2 Å². The van der Waals surface area contributed by atoms with Crippen molar-refractivity contribution in [3.05, 3.63) is 47.6 Å². The van der Waals surface area contributed by atoms with Crippen molar-refractivity contribution in [2.75, 3.05) is 6.61 Å². The molecule has 10 heteroatoms. The maximum absolute atomic E-state index is 11.7. The molecule has 2 aromatic heterocycles. The fraction of sp³-hybridized carbons (Fsp3) is 0.577. The van der Waals surface area contributed by atoms with E-state index in [1.165, 1.54) is 0 Å². The number of carbonyl (C=O) groups is 1. The lowest BCUT2D eigenvalue weighted by Gasteiger charge is -2.30. The molecular weight excluding hydrogens is 460 g/mol. The highest BCUT2D eigenvalue weighted by molar-refractivity contribution is 5.67. The van der Waals surface area contributed by atoms with Crippen molar-refractivity contribution in [3.63, 3.8) is 0 Å². The Labute approximate surface area is 212 Å². The van der Waals surface area contributed by atoms with Gasteiger partial charge in [-0.15, -0.1) is 15.3 Å². The monoisotopic (exact) mass is 498 g/mol. The summed E-state index contributed by atoms with van der Waals surface area (Å²) in [5, 5.41) is 19.3. The van der Waals surface area contributed by atoms with E-state index in [9.17, 15) is 4.79 Å². The molecule has 1 amide bonds. The number of benzene rings is 1. The molecule has 0 aliphatic heterocycles. The summed E-state index contributed by atoms with van der Waals surface area (Å²) in [5.41, 5.74) is 1.69. The van der Waals surface area contributed by atoms with Gasteiger partial charge >= 0.3 is 6.09 Å². The van der Waals surface area contributed by atoms with Gasteiger partial charge in [-0.25, -0.2) is 9.48 Å². The van der Waals surface area contributed by atoms with E-state index in [2.05, 4.69) is 39.7 Å². The van der Waals surface area contributed by atoms with Crippen molar-refractivity contribution < 1.29 is 18.7 Å². The lowest BCUT2D eigenvalue weighted by atomic mass is 9.96. The Hall–Kier alpha value is -3.27. The largest absolute Gasteiger partial charge is 0.443 e. The summed E-state index contributed by atoms with van der Waals surface area (Å²) in [5.74, 6) is 1.34. The first-order valence-electron chi connectivity index (χ1n) is 12.3. The molecule has 2 heterocycles. The second kappa shape index (κ2) is 11.2. The molecule has 36 heavy (non-hydrogen) atoms. The van der Waals surface area contributed by atoms with E-state index in [4.69, 9.17) is 13.9 Å². The number of nitrogens with one attached hydrogen (secondary N) is 1. The smallest absolute Gasteiger partial charge is 0.407 e. The molecule has 0 atom stereocenters. The minimum absolute atomic E-state index is 0.0116. The third-order valence-electron chi connectivity index (χ3n) is 5.86. The summed E-state index contributed by atoms with van der Waals surface area (Å²) >= 11 is 0. The molecule has 0 spiro atoms. The van der Waals surface area contributed by atoms with Crippen LogP contribution in [0, 0.1) is 0 Å². The second-order valence-corrected chi connectivity index (χ2v) is 10.6. The maximum atomic E-state index is 11.7. The van der Waals surface area contributed by atoms with Crippen LogP contribution < -0.4 is 5.32 Å². The Balaban J connectivity index is 1.54. The first-order chi connectivity index (χ1) is 16.9. The quantitative estimate of drug-likeness (QED) is 0.385. The summed E-state index contributed by atoms with van der Waals surface area (Å²) in [7, 11) is 0. The number of ether oxygens (including phenoxy) is 2. The molecule has 3 rings (SSSR count). The molecule has 0 radical (unpaired) electrons. The summed E-state index contributed by atoms with van der Waals surface area (Å²) < 4.78 is 19.0. The number of aromatic nitrogens is 5. The van der Waals surface area contributed by atoms with Crippen LogP contribution in [0.3, 0.4) is 0 Å². The highest BCUT2D eigenvalue weighted by Gasteiger charge is 2.26. The minimum Gasteiger partial charge on any atom is -0.443 e. The van der Waals surface area contributed by atoms with Gasteiger partial charge in [0.2, 0.25) is 11.8 Å². The predicted octanol–water partition coefficient (Wildman–Crippen LogP) is 5.16. The SMILES string of the molecule is CC(C)NC(=O)OCc1cn(C(C)(C)CCOC(C)(C)c2ccc(-c3nnc(C(C)C)o3)cc2)nn1. The molecule has 0 unspecified atom stereocenters. The van der Waals surface area contributed by atoms with E-state index in [0.717, 1.165) is 11.1 Å². The van der Waals surface area contributed by atoms with Crippen LogP contribution in [0.1, 0.15) is 84.9 Å². The number of hydrogen-bond acceptors (Lipinski definition) is 8. The van der Waals surface area contributed by atoms with Crippen LogP contribution in [0.5, 0.6) is 0 Å². The minimum atomic E-state index is -0.488. The van der Waals surface area contributed by atoms with Gasteiger partial charge in [0.15, 0.2) is 0 Å². The van der Waals surface area contributed by atoms with Crippen molar-refractivity contribution in [2.24, 2.45) is 0 Å². The zero-order valence-electron chi connectivity index (χ0n) is 22.5. The molecule has 10 nitrogen and oxygen atoms in total. The van der Waals surface area contributed by atoms with Gasteiger partial charge in [-0.1, -0.05) is 31.2 Å². The van der Waals surface area contributed by atoms with Gasteiger partial charge in [-0.2, -0.15) is 0 Å². The summed E-state index contributed by atoms with van der Waals surface area (Å²) in [6, 6.07) is 8.01. The fourth-order valence-corrected chi connectivity index (χ4v) is 3.43.